The van der Waals surface area contributed by atoms with Gasteiger partial charge in [0, 0.05) is 28.1 Å². The number of rotatable bonds is 5. The number of hydrogen-bond acceptors (Lipinski definition) is 4. The van der Waals surface area contributed by atoms with Crippen LogP contribution in [0.25, 0.3) is 6.08 Å². The van der Waals surface area contributed by atoms with Crippen LogP contribution in [0, 0.1) is 0 Å². The number of allylic oxidation sites excluding steroid dienone is 1. The first-order valence-electron chi connectivity index (χ1n) is 8.11. The summed E-state index contributed by atoms with van der Waals surface area (Å²) < 4.78 is 0. The molecule has 0 amide bonds. The lowest BCUT2D eigenvalue weighted by Crippen LogP contribution is -2.04. The monoisotopic (exact) mass is 342 g/mol. The molecule has 3 aromatic carbocycles. The number of nitrogens with two attached hydrogens (primary N) is 2. The minimum Gasteiger partial charge on any atom is -0.399 e. The minimum atomic E-state index is -0.192. The standard InChI is InChI=1S/C22H18N2O2/c23-19-12-18(13-20(24)14-19)22(26)17-9-7-16(8-10-17)21(25)11-6-15-4-2-1-3-5-15/h1-14H,23-24H2. The number of hydrogen-bond donors (Lipinski definition) is 2. The van der Waals surface area contributed by atoms with Crippen LogP contribution in [0.2, 0.25) is 0 Å². The summed E-state index contributed by atoms with van der Waals surface area (Å²) in [6, 6.07) is 20.9. The highest BCUT2D eigenvalue weighted by molar-refractivity contribution is 6.11. The first-order valence-corrected chi connectivity index (χ1v) is 8.11. The second kappa shape index (κ2) is 7.49. The van der Waals surface area contributed by atoms with E-state index in [0.29, 0.717) is 28.1 Å². The zero-order chi connectivity index (χ0) is 18.5. The lowest BCUT2D eigenvalue weighted by molar-refractivity contribution is 0.103. The van der Waals surface area contributed by atoms with Crippen LogP contribution >= 0.6 is 0 Å². The number of benzene rings is 3. The van der Waals surface area contributed by atoms with E-state index in [9.17, 15) is 9.59 Å². The summed E-state index contributed by atoms with van der Waals surface area (Å²) in [4.78, 5) is 24.8. The maximum atomic E-state index is 12.5. The Labute approximate surface area is 151 Å². The van der Waals surface area contributed by atoms with Crippen molar-refractivity contribution in [3.63, 3.8) is 0 Å². The van der Waals surface area contributed by atoms with E-state index in [2.05, 4.69) is 0 Å². The largest absolute Gasteiger partial charge is 0.399 e. The zero-order valence-corrected chi connectivity index (χ0v) is 14.1. The lowest BCUT2D eigenvalue weighted by atomic mass is 10.00. The summed E-state index contributed by atoms with van der Waals surface area (Å²) in [6.45, 7) is 0. The van der Waals surface area contributed by atoms with Crippen molar-refractivity contribution in [3.8, 4) is 0 Å². The molecule has 3 aromatic rings. The molecule has 0 spiro atoms. The molecule has 0 aromatic heterocycles. The molecule has 0 saturated carbocycles. The molecule has 0 bridgehead atoms. The molecule has 4 heteroatoms. The molecule has 128 valence electrons. The van der Waals surface area contributed by atoms with Crippen LogP contribution in [0.1, 0.15) is 31.8 Å². The van der Waals surface area contributed by atoms with Crippen molar-refractivity contribution >= 4 is 29.0 Å². The van der Waals surface area contributed by atoms with E-state index >= 15 is 0 Å². The van der Waals surface area contributed by atoms with Gasteiger partial charge in [-0.05, 0) is 29.8 Å². The minimum absolute atomic E-state index is 0.124. The van der Waals surface area contributed by atoms with E-state index < -0.39 is 0 Å². The molecular formula is C22H18N2O2. The third kappa shape index (κ3) is 4.05. The van der Waals surface area contributed by atoms with Crippen molar-refractivity contribution in [2.45, 2.75) is 0 Å². The second-order valence-corrected chi connectivity index (χ2v) is 5.90. The van der Waals surface area contributed by atoms with Crippen molar-refractivity contribution in [2.75, 3.05) is 11.5 Å². The first kappa shape index (κ1) is 17.2. The Bertz CT molecular complexity index is 955. The van der Waals surface area contributed by atoms with Crippen LogP contribution in [-0.4, -0.2) is 11.6 Å². The second-order valence-electron chi connectivity index (χ2n) is 5.90. The Morgan fingerprint density at radius 1 is 0.692 bits per heavy atom. The predicted molar refractivity (Wildman–Crippen MR) is 105 cm³/mol. The normalized spacial score (nSPS) is 10.8. The van der Waals surface area contributed by atoms with Gasteiger partial charge in [0.05, 0.1) is 0 Å². The topological polar surface area (TPSA) is 86.2 Å². The molecule has 0 heterocycles. The molecule has 0 fully saturated rings. The summed E-state index contributed by atoms with van der Waals surface area (Å²) in [5, 5.41) is 0. The highest BCUT2D eigenvalue weighted by atomic mass is 16.1. The van der Waals surface area contributed by atoms with Gasteiger partial charge in [-0.15, -0.1) is 0 Å². The molecule has 26 heavy (non-hydrogen) atoms. The Balaban J connectivity index is 1.76. The average molecular weight is 342 g/mol. The molecule has 0 aliphatic heterocycles. The molecule has 0 aliphatic carbocycles. The Hall–Kier alpha value is -3.66. The summed E-state index contributed by atoms with van der Waals surface area (Å²) in [5.74, 6) is -0.316. The highest BCUT2D eigenvalue weighted by Crippen LogP contribution is 2.18. The van der Waals surface area contributed by atoms with Gasteiger partial charge in [0.25, 0.3) is 0 Å². The quantitative estimate of drug-likeness (QED) is 0.417. The van der Waals surface area contributed by atoms with Crippen molar-refractivity contribution < 1.29 is 9.59 Å². The van der Waals surface area contributed by atoms with Gasteiger partial charge in [-0.2, -0.15) is 0 Å². The van der Waals surface area contributed by atoms with E-state index in [4.69, 9.17) is 11.5 Å². The fourth-order valence-electron chi connectivity index (χ4n) is 2.59. The molecule has 0 unspecified atom stereocenters. The highest BCUT2D eigenvalue weighted by Gasteiger charge is 2.11. The molecule has 0 aliphatic rings. The number of ketones is 2. The molecule has 0 radical (unpaired) electrons. The molecule has 4 N–H and O–H groups in total. The molecule has 3 rings (SSSR count). The summed E-state index contributed by atoms with van der Waals surface area (Å²) in [6.07, 6.45) is 3.28. The van der Waals surface area contributed by atoms with Crippen LogP contribution < -0.4 is 11.5 Å². The molecule has 4 nitrogen and oxygen atoms in total. The fourth-order valence-corrected chi connectivity index (χ4v) is 2.59. The summed E-state index contributed by atoms with van der Waals surface area (Å²) >= 11 is 0. The summed E-state index contributed by atoms with van der Waals surface area (Å²) in [5.41, 5.74) is 14.7. The third-order valence-corrected chi connectivity index (χ3v) is 3.90. The Morgan fingerprint density at radius 3 is 1.88 bits per heavy atom. The van der Waals surface area contributed by atoms with Gasteiger partial charge >= 0.3 is 0 Å². The van der Waals surface area contributed by atoms with Crippen LogP contribution in [0.5, 0.6) is 0 Å². The third-order valence-electron chi connectivity index (χ3n) is 3.90. The van der Waals surface area contributed by atoms with Crippen LogP contribution in [0.3, 0.4) is 0 Å². The van der Waals surface area contributed by atoms with Crippen molar-refractivity contribution in [1.29, 1.82) is 0 Å². The first-order chi connectivity index (χ1) is 12.5. The van der Waals surface area contributed by atoms with Crippen LogP contribution in [-0.2, 0) is 0 Å². The SMILES string of the molecule is Nc1cc(N)cc(C(=O)c2ccc(C(=O)C=Cc3ccccc3)cc2)c1. The predicted octanol–water partition coefficient (Wildman–Crippen LogP) is 3.98. The van der Waals surface area contributed by atoms with E-state index in [1.54, 1.807) is 48.5 Å². The molecule has 0 atom stereocenters. The van der Waals surface area contributed by atoms with E-state index in [-0.39, 0.29) is 11.6 Å². The fraction of sp³-hybridized carbons (Fsp3) is 0. The number of carbonyl (C=O) groups excluding carboxylic acids is 2. The molecule has 0 saturated heterocycles. The number of nitrogen functional groups attached to an aromatic ring is 2. The Morgan fingerprint density at radius 2 is 1.27 bits per heavy atom. The van der Waals surface area contributed by atoms with Crippen molar-refractivity contribution in [3.05, 3.63) is 101 Å². The van der Waals surface area contributed by atoms with Gasteiger partial charge in [0.15, 0.2) is 11.6 Å². The molecular weight excluding hydrogens is 324 g/mol. The van der Waals surface area contributed by atoms with Gasteiger partial charge in [-0.25, -0.2) is 0 Å². The maximum Gasteiger partial charge on any atom is 0.193 e. The van der Waals surface area contributed by atoms with Crippen LogP contribution in [0.4, 0.5) is 11.4 Å². The number of anilines is 2. The summed E-state index contributed by atoms with van der Waals surface area (Å²) in [7, 11) is 0. The van der Waals surface area contributed by atoms with E-state index in [1.807, 2.05) is 30.3 Å². The van der Waals surface area contributed by atoms with Gasteiger partial charge in [0.2, 0.25) is 0 Å². The van der Waals surface area contributed by atoms with Gasteiger partial charge in [-0.3, -0.25) is 9.59 Å². The maximum absolute atomic E-state index is 12.5. The smallest absolute Gasteiger partial charge is 0.193 e. The number of carbonyl (C=O) groups is 2. The van der Waals surface area contributed by atoms with Gasteiger partial charge in [0.1, 0.15) is 0 Å². The van der Waals surface area contributed by atoms with Gasteiger partial charge in [-0.1, -0.05) is 60.7 Å². The van der Waals surface area contributed by atoms with E-state index in [1.165, 1.54) is 6.08 Å². The zero-order valence-electron chi connectivity index (χ0n) is 14.1. The van der Waals surface area contributed by atoms with Crippen molar-refractivity contribution in [1.82, 2.24) is 0 Å². The van der Waals surface area contributed by atoms with E-state index in [0.717, 1.165) is 5.56 Å². The van der Waals surface area contributed by atoms with Crippen LogP contribution in [0.15, 0.2) is 78.9 Å². The van der Waals surface area contributed by atoms with Crippen molar-refractivity contribution in [2.24, 2.45) is 0 Å². The average Bonchev–Trinajstić information content (AvgIpc) is 2.65. The van der Waals surface area contributed by atoms with Gasteiger partial charge < -0.3 is 11.5 Å². The lowest BCUT2D eigenvalue weighted by Gasteiger charge is -2.05. The Kier molecular flexibility index (Phi) is 4.94.